The summed E-state index contributed by atoms with van der Waals surface area (Å²) in [5.74, 6) is 0.718. The van der Waals surface area contributed by atoms with Crippen LogP contribution in [0.5, 0.6) is 0 Å². The molecule has 3 aliphatic rings. The molecule has 0 aromatic heterocycles. The van der Waals surface area contributed by atoms with Gasteiger partial charge in [0.05, 0.1) is 23.2 Å². The molecule has 0 saturated heterocycles. The van der Waals surface area contributed by atoms with Crippen molar-refractivity contribution >= 4 is 11.9 Å². The van der Waals surface area contributed by atoms with Gasteiger partial charge in [0.15, 0.2) is 5.96 Å². The number of fused-ring (bicyclic) bond motifs is 2. The third kappa shape index (κ3) is 3.00. The second-order valence-electron chi connectivity index (χ2n) is 9.33. The van der Waals surface area contributed by atoms with Crippen LogP contribution >= 0.6 is 0 Å². The molecular weight excluding hydrogens is 398 g/mol. The lowest BCUT2D eigenvalue weighted by molar-refractivity contribution is -0.125. The van der Waals surface area contributed by atoms with Gasteiger partial charge in [0.2, 0.25) is 5.91 Å². The third-order valence-electron chi connectivity index (χ3n) is 7.25. The van der Waals surface area contributed by atoms with Gasteiger partial charge in [-0.1, -0.05) is 30.3 Å². The van der Waals surface area contributed by atoms with Crippen molar-refractivity contribution in [3.05, 3.63) is 70.8 Å². The fourth-order valence-electron chi connectivity index (χ4n) is 5.60. The van der Waals surface area contributed by atoms with Crippen LogP contribution in [0.15, 0.2) is 59.1 Å². The molecule has 2 aliphatic carbocycles. The maximum Gasteiger partial charge on any atom is 0.248 e. The van der Waals surface area contributed by atoms with E-state index in [2.05, 4.69) is 35.2 Å². The third-order valence-corrected chi connectivity index (χ3v) is 7.25. The number of carbonyl (C=O) groups is 1. The van der Waals surface area contributed by atoms with E-state index >= 15 is 0 Å². The van der Waals surface area contributed by atoms with Crippen LogP contribution < -0.4 is 5.73 Å². The molecule has 6 nitrogen and oxygen atoms in total. The Balaban J connectivity index is 1.64. The maximum atomic E-state index is 12.7. The summed E-state index contributed by atoms with van der Waals surface area (Å²) < 4.78 is 0. The Labute approximate surface area is 188 Å². The average molecular weight is 426 g/mol. The minimum atomic E-state index is -0.299. The number of benzene rings is 2. The monoisotopic (exact) mass is 425 g/mol. The van der Waals surface area contributed by atoms with Gasteiger partial charge < -0.3 is 15.5 Å². The molecular formula is C26H27N5O. The van der Waals surface area contributed by atoms with Gasteiger partial charge in [-0.3, -0.25) is 4.79 Å². The first kappa shape index (κ1) is 20.3. The smallest absolute Gasteiger partial charge is 0.248 e. The van der Waals surface area contributed by atoms with Crippen molar-refractivity contribution in [3.8, 4) is 17.2 Å². The highest BCUT2D eigenvalue weighted by Crippen LogP contribution is 2.53. The van der Waals surface area contributed by atoms with E-state index in [-0.39, 0.29) is 23.4 Å². The number of amides is 1. The highest BCUT2D eigenvalue weighted by molar-refractivity contribution is 5.93. The normalized spacial score (nSPS) is 25.6. The number of hydrogen-bond donors (Lipinski definition) is 1. The first-order valence-corrected chi connectivity index (χ1v) is 11.0. The molecule has 6 heteroatoms. The number of hydrogen-bond acceptors (Lipinski definition) is 5. The van der Waals surface area contributed by atoms with Gasteiger partial charge in [0.25, 0.3) is 0 Å². The summed E-state index contributed by atoms with van der Waals surface area (Å²) in [7, 11) is 5.59. The van der Waals surface area contributed by atoms with Gasteiger partial charge in [0, 0.05) is 32.6 Å². The minimum Gasteiger partial charge on any atom is -0.370 e. The molecule has 162 valence electrons. The number of nitriles is 1. The van der Waals surface area contributed by atoms with E-state index in [0.29, 0.717) is 11.5 Å². The zero-order valence-electron chi connectivity index (χ0n) is 18.7. The van der Waals surface area contributed by atoms with Gasteiger partial charge in [-0.15, -0.1) is 0 Å². The zero-order chi connectivity index (χ0) is 22.6. The number of nitrogens with two attached hydrogens (primary N) is 1. The Morgan fingerprint density at radius 2 is 2.03 bits per heavy atom. The molecule has 0 fully saturated rings. The van der Waals surface area contributed by atoms with Crippen LogP contribution in [0, 0.1) is 17.2 Å². The van der Waals surface area contributed by atoms with Crippen LogP contribution in [-0.4, -0.2) is 48.3 Å². The molecule has 0 radical (unpaired) electrons. The van der Waals surface area contributed by atoms with Gasteiger partial charge in [-0.25, -0.2) is 4.99 Å². The highest BCUT2D eigenvalue weighted by atomic mass is 16.2. The first-order valence-electron chi connectivity index (χ1n) is 11.0. The predicted molar refractivity (Wildman–Crippen MR) is 125 cm³/mol. The Morgan fingerprint density at radius 3 is 2.78 bits per heavy atom. The Hall–Kier alpha value is -3.59. The summed E-state index contributed by atoms with van der Waals surface area (Å²) in [5, 5.41) is 9.30. The van der Waals surface area contributed by atoms with Crippen molar-refractivity contribution in [1.82, 2.24) is 9.80 Å². The van der Waals surface area contributed by atoms with E-state index in [1.807, 2.05) is 31.3 Å². The molecule has 1 amide bonds. The lowest BCUT2D eigenvalue weighted by Gasteiger charge is -2.54. The first-order chi connectivity index (χ1) is 15.3. The van der Waals surface area contributed by atoms with Crippen molar-refractivity contribution in [1.29, 1.82) is 5.26 Å². The van der Waals surface area contributed by atoms with Crippen molar-refractivity contribution in [2.75, 3.05) is 21.1 Å². The molecule has 1 aliphatic heterocycles. The molecule has 1 heterocycles. The standard InChI is InChI=1S/C26H27N5O/c1-30(2)24(32)19-9-10-26-14-20-8-7-18(17-6-4-5-16(11-17)15-27)12-21(20)23(22(26)13-19)31(3)25(28)29-26/h4-8,11-13,22-23H,9-10,14H2,1-3H3,(H2,28,29). The summed E-state index contributed by atoms with van der Waals surface area (Å²) in [4.78, 5) is 21.4. The second-order valence-corrected chi connectivity index (χ2v) is 9.33. The number of nitrogens with zero attached hydrogens (tertiary/aromatic N) is 4. The molecule has 32 heavy (non-hydrogen) atoms. The molecule has 2 aromatic rings. The molecule has 5 rings (SSSR count). The lowest BCUT2D eigenvalue weighted by atomic mass is 9.61. The molecule has 0 spiro atoms. The number of guanidine groups is 1. The predicted octanol–water partition coefficient (Wildman–Crippen LogP) is 3.25. The molecule has 2 aromatic carbocycles. The molecule has 2 bridgehead atoms. The zero-order valence-corrected chi connectivity index (χ0v) is 18.7. The Kier molecular flexibility index (Phi) is 4.59. The van der Waals surface area contributed by atoms with Gasteiger partial charge in [0.1, 0.15) is 0 Å². The van der Waals surface area contributed by atoms with Crippen LogP contribution in [0.1, 0.15) is 35.6 Å². The van der Waals surface area contributed by atoms with E-state index in [4.69, 9.17) is 10.7 Å². The van der Waals surface area contributed by atoms with Crippen LogP contribution in [0.2, 0.25) is 0 Å². The number of carbonyl (C=O) groups excluding carboxylic acids is 1. The van der Waals surface area contributed by atoms with E-state index in [9.17, 15) is 10.1 Å². The summed E-state index contributed by atoms with van der Waals surface area (Å²) in [6.07, 6.45) is 4.51. The van der Waals surface area contributed by atoms with Crippen LogP contribution in [0.4, 0.5) is 0 Å². The van der Waals surface area contributed by atoms with E-state index in [1.165, 1.54) is 11.1 Å². The fourth-order valence-corrected chi connectivity index (χ4v) is 5.60. The van der Waals surface area contributed by atoms with E-state index in [1.54, 1.807) is 19.0 Å². The van der Waals surface area contributed by atoms with Gasteiger partial charge in [-0.05, 0) is 59.7 Å². The minimum absolute atomic E-state index is 0.0145. The molecule has 2 N–H and O–H groups in total. The summed E-state index contributed by atoms with van der Waals surface area (Å²) in [6, 6.07) is 16.5. The second kappa shape index (κ2) is 7.23. The number of rotatable bonds is 2. The quantitative estimate of drug-likeness (QED) is 0.800. The number of aliphatic imine (C=N–C) groups is 1. The molecule has 3 atom stereocenters. The van der Waals surface area contributed by atoms with Gasteiger partial charge >= 0.3 is 0 Å². The van der Waals surface area contributed by atoms with Gasteiger partial charge in [-0.2, -0.15) is 5.26 Å². The number of likely N-dealkylation sites (N-methyl/N-ethyl adjacent to an activating group) is 1. The van der Waals surface area contributed by atoms with E-state index in [0.717, 1.165) is 36.0 Å². The summed E-state index contributed by atoms with van der Waals surface area (Å²) >= 11 is 0. The maximum absolute atomic E-state index is 12.7. The van der Waals surface area contributed by atoms with E-state index < -0.39 is 0 Å². The highest BCUT2D eigenvalue weighted by Gasteiger charge is 2.53. The Morgan fingerprint density at radius 1 is 1.25 bits per heavy atom. The summed E-state index contributed by atoms with van der Waals surface area (Å²) in [5.41, 5.74) is 12.2. The van der Waals surface area contributed by atoms with Crippen LogP contribution in [0.25, 0.3) is 11.1 Å². The SMILES string of the molecule is CN(C)C(=O)C1=CC2C3c4cc(-c5cccc(C#N)c5)ccc4CC2(CC1)N=C(N)N3C. The topological polar surface area (TPSA) is 85.7 Å². The van der Waals surface area contributed by atoms with Crippen molar-refractivity contribution < 1.29 is 4.79 Å². The molecule has 3 unspecified atom stereocenters. The van der Waals surface area contributed by atoms with Crippen LogP contribution in [-0.2, 0) is 11.2 Å². The molecule has 0 saturated carbocycles. The Bertz CT molecular complexity index is 1220. The largest absolute Gasteiger partial charge is 0.370 e. The summed E-state index contributed by atoms with van der Waals surface area (Å²) in [6.45, 7) is 0. The lowest BCUT2D eigenvalue weighted by Crippen LogP contribution is -2.58. The van der Waals surface area contributed by atoms with Crippen molar-refractivity contribution in [2.45, 2.75) is 30.8 Å². The fraction of sp³-hybridized carbons (Fsp3) is 0.346. The van der Waals surface area contributed by atoms with Crippen molar-refractivity contribution in [2.24, 2.45) is 16.6 Å². The average Bonchev–Trinajstić information content (AvgIpc) is 2.80. The van der Waals surface area contributed by atoms with Crippen LogP contribution in [0.3, 0.4) is 0 Å². The van der Waals surface area contributed by atoms with Crippen molar-refractivity contribution in [3.63, 3.8) is 0 Å².